The Kier molecular flexibility index (Phi) is 3.63. The predicted octanol–water partition coefficient (Wildman–Crippen LogP) is 3.04. The van der Waals surface area contributed by atoms with Crippen molar-refractivity contribution in [3.8, 4) is 0 Å². The van der Waals surface area contributed by atoms with E-state index in [2.05, 4.69) is 60.6 Å². The molecule has 96 valence electrons. The van der Waals surface area contributed by atoms with Crippen molar-refractivity contribution in [2.24, 2.45) is 5.73 Å². The summed E-state index contributed by atoms with van der Waals surface area (Å²) in [7, 11) is 0. The van der Waals surface area contributed by atoms with Crippen molar-refractivity contribution in [3.05, 3.63) is 34.8 Å². The monoisotopic (exact) mass is 262 g/mol. The number of nitrogens with one attached hydrogen (secondary N) is 1. The molecule has 0 aliphatic heterocycles. The van der Waals surface area contributed by atoms with Crippen LogP contribution in [0.2, 0.25) is 0 Å². The van der Waals surface area contributed by atoms with Crippen molar-refractivity contribution < 1.29 is 0 Å². The van der Waals surface area contributed by atoms with Crippen molar-refractivity contribution in [1.82, 2.24) is 10.2 Å². The zero-order valence-electron chi connectivity index (χ0n) is 10.9. The first-order valence-corrected chi connectivity index (χ1v) is 6.71. The van der Waals surface area contributed by atoms with Crippen molar-refractivity contribution in [3.63, 3.8) is 0 Å². The zero-order chi connectivity index (χ0) is 13.2. The molecule has 0 amide bonds. The third kappa shape index (κ3) is 3.05. The van der Waals surface area contributed by atoms with Gasteiger partial charge >= 0.3 is 0 Å². The molecule has 0 atom stereocenters. The van der Waals surface area contributed by atoms with Gasteiger partial charge in [-0.2, -0.15) is 0 Å². The molecule has 5 heteroatoms. The van der Waals surface area contributed by atoms with Crippen molar-refractivity contribution in [1.29, 1.82) is 0 Å². The van der Waals surface area contributed by atoms with Crippen LogP contribution < -0.4 is 11.1 Å². The first-order chi connectivity index (χ1) is 8.49. The lowest BCUT2D eigenvalue weighted by molar-refractivity contribution is 0.590. The molecule has 0 saturated heterocycles. The highest BCUT2D eigenvalue weighted by Gasteiger charge is 2.13. The highest BCUT2D eigenvalue weighted by Crippen LogP contribution is 2.25. The van der Waals surface area contributed by atoms with Gasteiger partial charge in [0.15, 0.2) is 0 Å². The molecule has 2 aromatic rings. The molecule has 1 aromatic carbocycles. The largest absolute Gasteiger partial charge is 0.330 e. The molecule has 1 heterocycles. The van der Waals surface area contributed by atoms with Crippen LogP contribution in [0.5, 0.6) is 0 Å². The Balaban J connectivity index is 2.11. The first-order valence-electron chi connectivity index (χ1n) is 5.89. The Hall–Kier alpha value is -1.46. The topological polar surface area (TPSA) is 63.8 Å². The highest BCUT2D eigenvalue weighted by molar-refractivity contribution is 7.15. The second-order valence-electron chi connectivity index (χ2n) is 5.16. The van der Waals surface area contributed by atoms with Gasteiger partial charge in [0.25, 0.3) is 0 Å². The Morgan fingerprint density at radius 1 is 1.17 bits per heavy atom. The van der Waals surface area contributed by atoms with Crippen LogP contribution >= 0.6 is 11.3 Å². The number of aromatic nitrogens is 2. The van der Waals surface area contributed by atoms with E-state index in [0.717, 1.165) is 15.8 Å². The lowest BCUT2D eigenvalue weighted by Gasteiger charge is -2.19. The van der Waals surface area contributed by atoms with E-state index in [1.54, 1.807) is 0 Å². The number of nitrogens with zero attached hydrogens (tertiary/aromatic N) is 2. The summed E-state index contributed by atoms with van der Waals surface area (Å²) in [5, 5.41) is 12.8. The lowest BCUT2D eigenvalue weighted by atomic mass is 9.87. The van der Waals surface area contributed by atoms with Crippen LogP contribution in [-0.2, 0) is 12.0 Å². The molecule has 0 spiro atoms. The van der Waals surface area contributed by atoms with Crippen molar-refractivity contribution in [2.45, 2.75) is 32.7 Å². The number of benzene rings is 1. The van der Waals surface area contributed by atoms with Crippen molar-refractivity contribution in [2.75, 3.05) is 5.32 Å². The van der Waals surface area contributed by atoms with Crippen LogP contribution in [0.25, 0.3) is 0 Å². The van der Waals surface area contributed by atoms with Gasteiger partial charge in [0.05, 0.1) is 0 Å². The van der Waals surface area contributed by atoms with Crippen LogP contribution in [0.1, 0.15) is 31.3 Å². The van der Waals surface area contributed by atoms with Gasteiger partial charge in [-0.3, -0.25) is 0 Å². The molecular formula is C13H18N4S. The SMILES string of the molecule is CC(C)(C)c1ccc(Nc2nnc(CN)s2)cc1. The summed E-state index contributed by atoms with van der Waals surface area (Å²) < 4.78 is 0. The Labute approximate surface area is 111 Å². The van der Waals surface area contributed by atoms with Gasteiger partial charge in [0.2, 0.25) is 5.13 Å². The molecule has 1 aromatic heterocycles. The van der Waals surface area contributed by atoms with E-state index in [9.17, 15) is 0 Å². The molecule has 0 radical (unpaired) electrons. The quantitative estimate of drug-likeness (QED) is 0.892. The van der Waals surface area contributed by atoms with Gasteiger partial charge in [0, 0.05) is 12.2 Å². The number of rotatable bonds is 3. The molecule has 3 N–H and O–H groups in total. The summed E-state index contributed by atoms with van der Waals surface area (Å²) in [6.45, 7) is 7.04. The second-order valence-corrected chi connectivity index (χ2v) is 6.22. The fourth-order valence-corrected chi connectivity index (χ4v) is 2.20. The average Bonchev–Trinajstić information content (AvgIpc) is 2.76. The summed E-state index contributed by atoms with van der Waals surface area (Å²) in [5.41, 5.74) is 8.01. The van der Waals surface area contributed by atoms with E-state index in [-0.39, 0.29) is 5.41 Å². The third-order valence-corrected chi connectivity index (χ3v) is 3.50. The Morgan fingerprint density at radius 2 is 1.83 bits per heavy atom. The van der Waals surface area contributed by atoms with Gasteiger partial charge in [-0.1, -0.05) is 44.2 Å². The zero-order valence-corrected chi connectivity index (χ0v) is 11.7. The van der Waals surface area contributed by atoms with Crippen molar-refractivity contribution >= 4 is 22.2 Å². The van der Waals surface area contributed by atoms with E-state index >= 15 is 0 Å². The van der Waals surface area contributed by atoms with Gasteiger partial charge in [0.1, 0.15) is 5.01 Å². The minimum atomic E-state index is 0.175. The predicted molar refractivity (Wildman–Crippen MR) is 76.2 cm³/mol. The summed E-state index contributed by atoms with van der Waals surface area (Å²) in [6, 6.07) is 8.38. The van der Waals surface area contributed by atoms with Gasteiger partial charge in [-0.25, -0.2) is 0 Å². The minimum Gasteiger partial charge on any atom is -0.330 e. The molecule has 0 fully saturated rings. The van der Waals surface area contributed by atoms with Gasteiger partial charge < -0.3 is 11.1 Å². The molecule has 2 rings (SSSR count). The van der Waals surface area contributed by atoms with E-state index in [4.69, 9.17) is 5.73 Å². The lowest BCUT2D eigenvalue weighted by Crippen LogP contribution is -2.10. The molecule has 0 bridgehead atoms. The maximum Gasteiger partial charge on any atom is 0.210 e. The normalized spacial score (nSPS) is 11.6. The molecule has 0 saturated carbocycles. The average molecular weight is 262 g/mol. The minimum absolute atomic E-state index is 0.175. The number of anilines is 2. The highest BCUT2D eigenvalue weighted by atomic mass is 32.1. The Bertz CT molecular complexity index is 511. The van der Waals surface area contributed by atoms with Gasteiger partial charge in [-0.05, 0) is 23.1 Å². The summed E-state index contributed by atoms with van der Waals surface area (Å²) in [6.07, 6.45) is 0. The van der Waals surface area contributed by atoms with E-state index in [0.29, 0.717) is 6.54 Å². The molecule has 0 unspecified atom stereocenters. The molecule has 18 heavy (non-hydrogen) atoms. The van der Waals surface area contributed by atoms with E-state index < -0.39 is 0 Å². The molecule has 0 aliphatic carbocycles. The van der Waals surface area contributed by atoms with Crippen LogP contribution in [0.15, 0.2) is 24.3 Å². The fourth-order valence-electron chi connectivity index (χ4n) is 1.56. The van der Waals surface area contributed by atoms with E-state index in [1.807, 2.05) is 0 Å². The standard InChI is InChI=1S/C13H18N4S/c1-13(2,3)9-4-6-10(7-5-9)15-12-17-16-11(8-14)18-12/h4-7H,8,14H2,1-3H3,(H,15,17). The van der Waals surface area contributed by atoms with E-state index in [1.165, 1.54) is 16.9 Å². The molecule has 4 nitrogen and oxygen atoms in total. The summed E-state index contributed by atoms with van der Waals surface area (Å²) in [5.74, 6) is 0. The third-order valence-electron chi connectivity index (χ3n) is 2.64. The summed E-state index contributed by atoms with van der Waals surface area (Å²) >= 11 is 1.48. The number of hydrogen-bond acceptors (Lipinski definition) is 5. The summed E-state index contributed by atoms with van der Waals surface area (Å²) in [4.78, 5) is 0. The fraction of sp³-hybridized carbons (Fsp3) is 0.385. The molecular weight excluding hydrogens is 244 g/mol. The maximum atomic E-state index is 5.50. The molecule has 0 aliphatic rings. The second kappa shape index (κ2) is 5.04. The Morgan fingerprint density at radius 3 is 2.33 bits per heavy atom. The van der Waals surface area contributed by atoms with Crippen LogP contribution in [-0.4, -0.2) is 10.2 Å². The number of nitrogens with two attached hydrogens (primary N) is 1. The van der Waals surface area contributed by atoms with Crippen LogP contribution in [0.4, 0.5) is 10.8 Å². The maximum absolute atomic E-state index is 5.50. The number of hydrogen-bond donors (Lipinski definition) is 2. The van der Waals surface area contributed by atoms with Gasteiger partial charge in [-0.15, -0.1) is 10.2 Å². The van der Waals surface area contributed by atoms with Crippen LogP contribution in [0, 0.1) is 0 Å². The smallest absolute Gasteiger partial charge is 0.210 e. The first kappa shape index (κ1) is 13.0. The van der Waals surface area contributed by atoms with Crippen LogP contribution in [0.3, 0.4) is 0 Å².